The van der Waals surface area contributed by atoms with Gasteiger partial charge in [-0.05, 0) is 32.8 Å². The molecule has 1 N–H and O–H groups in total. The van der Waals surface area contributed by atoms with Crippen LogP contribution in [0, 0.1) is 0 Å². The van der Waals surface area contributed by atoms with E-state index in [9.17, 15) is 0 Å². The fourth-order valence-corrected chi connectivity index (χ4v) is 2.11. The SMILES string of the molecule is CCCC(C)(C)N[C@H](C)c1ccccc1. The van der Waals surface area contributed by atoms with E-state index in [1.807, 2.05) is 0 Å². The number of nitrogens with one attached hydrogen (secondary N) is 1. The van der Waals surface area contributed by atoms with Crippen LogP contribution in [0.25, 0.3) is 0 Å². The third kappa shape index (κ3) is 4.05. The standard InChI is InChI=1S/C14H23N/c1-5-11-14(3,4)15-12(2)13-9-7-6-8-10-13/h6-10,12,15H,5,11H2,1-4H3/t12-/m1/s1. The smallest absolute Gasteiger partial charge is 0.0296 e. The van der Waals surface area contributed by atoms with E-state index in [0.717, 1.165) is 0 Å². The molecule has 1 atom stereocenters. The maximum Gasteiger partial charge on any atom is 0.0296 e. The van der Waals surface area contributed by atoms with Crippen LogP contribution in [-0.4, -0.2) is 5.54 Å². The highest BCUT2D eigenvalue weighted by Crippen LogP contribution is 2.19. The minimum atomic E-state index is 0.226. The first kappa shape index (κ1) is 12.3. The Morgan fingerprint density at radius 1 is 1.20 bits per heavy atom. The van der Waals surface area contributed by atoms with E-state index in [0.29, 0.717) is 6.04 Å². The fraction of sp³-hybridized carbons (Fsp3) is 0.571. The predicted molar refractivity (Wildman–Crippen MR) is 67.0 cm³/mol. The summed E-state index contributed by atoms with van der Waals surface area (Å²) < 4.78 is 0. The molecule has 0 aliphatic heterocycles. The van der Waals surface area contributed by atoms with Crippen molar-refractivity contribution >= 4 is 0 Å². The summed E-state index contributed by atoms with van der Waals surface area (Å²) in [5.41, 5.74) is 1.59. The Morgan fingerprint density at radius 3 is 2.33 bits per heavy atom. The number of hydrogen-bond donors (Lipinski definition) is 1. The van der Waals surface area contributed by atoms with Crippen molar-refractivity contribution in [3.63, 3.8) is 0 Å². The van der Waals surface area contributed by atoms with Gasteiger partial charge in [0.25, 0.3) is 0 Å². The van der Waals surface area contributed by atoms with Crippen molar-refractivity contribution in [1.82, 2.24) is 5.32 Å². The van der Waals surface area contributed by atoms with E-state index in [2.05, 4.69) is 63.3 Å². The van der Waals surface area contributed by atoms with Gasteiger partial charge >= 0.3 is 0 Å². The van der Waals surface area contributed by atoms with Gasteiger partial charge in [0, 0.05) is 11.6 Å². The van der Waals surface area contributed by atoms with Gasteiger partial charge in [-0.3, -0.25) is 0 Å². The van der Waals surface area contributed by atoms with Gasteiger partial charge in [-0.2, -0.15) is 0 Å². The van der Waals surface area contributed by atoms with Crippen molar-refractivity contribution < 1.29 is 0 Å². The molecule has 1 heteroatoms. The van der Waals surface area contributed by atoms with Crippen molar-refractivity contribution in [3.05, 3.63) is 35.9 Å². The van der Waals surface area contributed by atoms with Crippen molar-refractivity contribution in [3.8, 4) is 0 Å². The molecule has 84 valence electrons. The van der Waals surface area contributed by atoms with Crippen LogP contribution in [0.2, 0.25) is 0 Å². The summed E-state index contributed by atoms with van der Waals surface area (Å²) in [5.74, 6) is 0. The summed E-state index contributed by atoms with van der Waals surface area (Å²) in [5, 5.41) is 3.67. The Morgan fingerprint density at radius 2 is 1.80 bits per heavy atom. The lowest BCUT2D eigenvalue weighted by molar-refractivity contribution is 0.323. The maximum absolute atomic E-state index is 3.67. The molecule has 0 amide bonds. The molecule has 0 aliphatic carbocycles. The maximum atomic E-state index is 3.67. The average molecular weight is 205 g/mol. The lowest BCUT2D eigenvalue weighted by atomic mass is 9.96. The van der Waals surface area contributed by atoms with Gasteiger partial charge in [0.15, 0.2) is 0 Å². The zero-order valence-electron chi connectivity index (χ0n) is 10.4. The third-order valence-electron chi connectivity index (χ3n) is 2.78. The largest absolute Gasteiger partial charge is 0.305 e. The molecule has 0 aromatic heterocycles. The van der Waals surface area contributed by atoms with E-state index >= 15 is 0 Å². The number of benzene rings is 1. The van der Waals surface area contributed by atoms with E-state index in [1.165, 1.54) is 18.4 Å². The van der Waals surface area contributed by atoms with E-state index < -0.39 is 0 Å². The molecule has 0 heterocycles. The van der Waals surface area contributed by atoms with Gasteiger partial charge in [-0.15, -0.1) is 0 Å². The van der Waals surface area contributed by atoms with Crippen molar-refractivity contribution in [2.45, 2.75) is 52.1 Å². The van der Waals surface area contributed by atoms with Crippen LogP contribution in [0.3, 0.4) is 0 Å². The van der Waals surface area contributed by atoms with Crippen molar-refractivity contribution in [2.24, 2.45) is 0 Å². The molecule has 0 saturated heterocycles. The topological polar surface area (TPSA) is 12.0 Å². The first-order chi connectivity index (χ1) is 7.05. The molecule has 0 spiro atoms. The Balaban J connectivity index is 2.59. The highest BCUT2D eigenvalue weighted by atomic mass is 15.0. The Bertz CT molecular complexity index is 277. The zero-order valence-corrected chi connectivity index (χ0v) is 10.4. The van der Waals surface area contributed by atoms with Gasteiger partial charge < -0.3 is 5.32 Å². The average Bonchev–Trinajstić information content (AvgIpc) is 2.18. The Hall–Kier alpha value is -0.820. The lowest BCUT2D eigenvalue weighted by Crippen LogP contribution is -2.40. The van der Waals surface area contributed by atoms with Crippen molar-refractivity contribution in [1.29, 1.82) is 0 Å². The van der Waals surface area contributed by atoms with Crippen LogP contribution in [0.4, 0.5) is 0 Å². The van der Waals surface area contributed by atoms with Gasteiger partial charge in [-0.1, -0.05) is 43.7 Å². The van der Waals surface area contributed by atoms with E-state index in [4.69, 9.17) is 0 Å². The second-order valence-electron chi connectivity index (χ2n) is 4.91. The molecule has 1 aromatic carbocycles. The molecule has 0 bridgehead atoms. The van der Waals surface area contributed by atoms with Crippen LogP contribution in [0.1, 0.15) is 52.1 Å². The van der Waals surface area contributed by atoms with Crippen LogP contribution >= 0.6 is 0 Å². The van der Waals surface area contributed by atoms with Crippen LogP contribution < -0.4 is 5.32 Å². The number of hydrogen-bond acceptors (Lipinski definition) is 1. The summed E-state index contributed by atoms with van der Waals surface area (Å²) in [6.45, 7) is 9.01. The minimum absolute atomic E-state index is 0.226. The molecular weight excluding hydrogens is 182 g/mol. The Labute approximate surface area is 93.9 Å². The molecule has 0 saturated carbocycles. The minimum Gasteiger partial charge on any atom is -0.305 e. The highest BCUT2D eigenvalue weighted by molar-refractivity contribution is 5.18. The molecule has 0 aliphatic rings. The van der Waals surface area contributed by atoms with Gasteiger partial charge in [-0.25, -0.2) is 0 Å². The molecule has 0 radical (unpaired) electrons. The Kier molecular flexibility index (Phi) is 4.34. The lowest BCUT2D eigenvalue weighted by Gasteiger charge is -2.30. The molecule has 0 fully saturated rings. The summed E-state index contributed by atoms with van der Waals surface area (Å²) in [6.07, 6.45) is 2.44. The summed E-state index contributed by atoms with van der Waals surface area (Å²) in [6, 6.07) is 11.0. The third-order valence-corrected chi connectivity index (χ3v) is 2.78. The number of rotatable bonds is 5. The quantitative estimate of drug-likeness (QED) is 0.768. The first-order valence-corrected chi connectivity index (χ1v) is 5.88. The molecule has 1 nitrogen and oxygen atoms in total. The summed E-state index contributed by atoms with van der Waals surface area (Å²) >= 11 is 0. The van der Waals surface area contributed by atoms with Crippen LogP contribution in [-0.2, 0) is 0 Å². The summed E-state index contributed by atoms with van der Waals surface area (Å²) in [4.78, 5) is 0. The van der Waals surface area contributed by atoms with Gasteiger partial charge in [0.2, 0.25) is 0 Å². The van der Waals surface area contributed by atoms with Crippen LogP contribution in [0.15, 0.2) is 30.3 Å². The highest BCUT2D eigenvalue weighted by Gasteiger charge is 2.19. The molecule has 1 aromatic rings. The van der Waals surface area contributed by atoms with Crippen molar-refractivity contribution in [2.75, 3.05) is 0 Å². The first-order valence-electron chi connectivity index (χ1n) is 5.88. The second kappa shape index (κ2) is 5.32. The normalized spacial score (nSPS) is 13.9. The molecule has 0 unspecified atom stereocenters. The van der Waals surface area contributed by atoms with E-state index in [1.54, 1.807) is 0 Å². The zero-order chi connectivity index (χ0) is 11.3. The fourth-order valence-electron chi connectivity index (χ4n) is 2.11. The van der Waals surface area contributed by atoms with E-state index in [-0.39, 0.29) is 5.54 Å². The molecule has 15 heavy (non-hydrogen) atoms. The monoisotopic (exact) mass is 205 g/mol. The van der Waals surface area contributed by atoms with Gasteiger partial charge in [0.05, 0.1) is 0 Å². The molecular formula is C14H23N. The molecule has 1 rings (SSSR count). The van der Waals surface area contributed by atoms with Crippen LogP contribution in [0.5, 0.6) is 0 Å². The predicted octanol–water partition coefficient (Wildman–Crippen LogP) is 3.92. The summed E-state index contributed by atoms with van der Waals surface area (Å²) in [7, 11) is 0. The van der Waals surface area contributed by atoms with Gasteiger partial charge in [0.1, 0.15) is 0 Å². The second-order valence-corrected chi connectivity index (χ2v) is 4.91.